The average molecular weight is 352 g/mol. The van der Waals surface area contributed by atoms with Gasteiger partial charge >= 0.3 is 6.09 Å². The minimum absolute atomic E-state index is 0.131. The van der Waals surface area contributed by atoms with E-state index in [1.807, 2.05) is 0 Å². The fourth-order valence-electron chi connectivity index (χ4n) is 4.58. The maximum atomic E-state index is 11.6. The number of likely N-dealkylation sites (tertiary alicyclic amines) is 1. The van der Waals surface area contributed by atoms with Crippen LogP contribution in [0.15, 0.2) is 4.99 Å². The van der Waals surface area contributed by atoms with Crippen LogP contribution in [-0.4, -0.2) is 68.5 Å². The van der Waals surface area contributed by atoms with E-state index in [9.17, 15) is 4.79 Å². The van der Waals surface area contributed by atoms with Crippen LogP contribution < -0.4 is 10.6 Å². The first-order valence-electron chi connectivity index (χ1n) is 9.49. The van der Waals surface area contributed by atoms with Crippen molar-refractivity contribution >= 4 is 12.1 Å². The predicted octanol–water partition coefficient (Wildman–Crippen LogP) is 1.59. The van der Waals surface area contributed by atoms with Crippen molar-refractivity contribution in [1.82, 2.24) is 15.5 Å². The van der Waals surface area contributed by atoms with Gasteiger partial charge in [-0.05, 0) is 26.2 Å². The summed E-state index contributed by atoms with van der Waals surface area (Å²) in [6, 6.07) is 0.727. The number of aliphatic imine (C=N–C) groups is 1. The number of fused-ring (bicyclic) bond motifs is 1. The second kappa shape index (κ2) is 7.40. The lowest BCUT2D eigenvalue weighted by molar-refractivity contribution is -0.106. The van der Waals surface area contributed by atoms with Gasteiger partial charge in [-0.15, -0.1) is 0 Å². The number of methoxy groups -OCH3 is 1. The molecule has 1 saturated carbocycles. The molecule has 3 fully saturated rings. The molecule has 7 heteroatoms. The Balaban J connectivity index is 1.54. The Morgan fingerprint density at radius 2 is 2.00 bits per heavy atom. The summed E-state index contributed by atoms with van der Waals surface area (Å²) in [6.45, 7) is 9.65. The van der Waals surface area contributed by atoms with Gasteiger partial charge in [0.15, 0.2) is 5.96 Å². The van der Waals surface area contributed by atoms with Crippen LogP contribution in [0.5, 0.6) is 0 Å². The van der Waals surface area contributed by atoms with E-state index in [1.54, 1.807) is 4.90 Å². The van der Waals surface area contributed by atoms with Crippen molar-refractivity contribution < 1.29 is 14.3 Å². The summed E-state index contributed by atoms with van der Waals surface area (Å²) in [5.41, 5.74) is 0.131. The summed E-state index contributed by atoms with van der Waals surface area (Å²) in [5, 5.41) is 7.23. The van der Waals surface area contributed by atoms with Crippen molar-refractivity contribution in [2.75, 3.05) is 33.4 Å². The monoisotopic (exact) mass is 352 g/mol. The summed E-state index contributed by atoms with van der Waals surface area (Å²) in [5.74, 6) is 1.47. The van der Waals surface area contributed by atoms with Gasteiger partial charge in [0.05, 0.1) is 13.2 Å². The minimum atomic E-state index is -0.234. The molecule has 0 bridgehead atoms. The first-order chi connectivity index (χ1) is 12.0. The van der Waals surface area contributed by atoms with E-state index in [2.05, 4.69) is 36.4 Å². The van der Waals surface area contributed by atoms with Crippen LogP contribution in [0.2, 0.25) is 0 Å². The topological polar surface area (TPSA) is 75.2 Å². The maximum Gasteiger partial charge on any atom is 0.409 e. The van der Waals surface area contributed by atoms with Crippen LogP contribution >= 0.6 is 0 Å². The molecule has 0 aromatic rings. The molecule has 0 aromatic carbocycles. The molecule has 2 saturated heterocycles. The van der Waals surface area contributed by atoms with Gasteiger partial charge < -0.3 is 25.0 Å². The van der Waals surface area contributed by atoms with E-state index in [0.29, 0.717) is 24.1 Å². The van der Waals surface area contributed by atoms with Crippen molar-refractivity contribution in [3.05, 3.63) is 0 Å². The van der Waals surface area contributed by atoms with E-state index in [0.717, 1.165) is 51.5 Å². The second-order valence-corrected chi connectivity index (χ2v) is 7.89. The summed E-state index contributed by atoms with van der Waals surface area (Å²) < 4.78 is 10.7. The zero-order chi connectivity index (χ0) is 18.0. The smallest absolute Gasteiger partial charge is 0.409 e. The fraction of sp³-hybridized carbons (Fsp3) is 0.889. The summed E-state index contributed by atoms with van der Waals surface area (Å²) in [6.07, 6.45) is 3.08. The number of carbonyl (C=O) groups is 1. The summed E-state index contributed by atoms with van der Waals surface area (Å²) in [7, 11) is 1.43. The molecule has 3 unspecified atom stereocenters. The van der Waals surface area contributed by atoms with Gasteiger partial charge in [0.2, 0.25) is 0 Å². The van der Waals surface area contributed by atoms with Crippen LogP contribution in [0.25, 0.3) is 0 Å². The highest BCUT2D eigenvalue weighted by atomic mass is 16.5. The van der Waals surface area contributed by atoms with E-state index in [4.69, 9.17) is 9.47 Å². The molecule has 2 N–H and O–H groups in total. The molecule has 2 heterocycles. The third-order valence-electron chi connectivity index (χ3n) is 5.98. The molecule has 7 nitrogen and oxygen atoms in total. The molecule has 3 atom stereocenters. The molecular formula is C18H32N4O3. The standard InChI is InChI=1S/C18H32N4O3/c1-5-19-16(20-12-6-9-22(10-7-12)17(23)24-4)21-14-13-8-11-25-15(13)18(14,2)3/h12-15H,5-11H2,1-4H3,(H2,19,20,21). The molecule has 1 aliphatic carbocycles. The maximum absolute atomic E-state index is 11.6. The third-order valence-corrected chi connectivity index (χ3v) is 5.98. The Kier molecular flexibility index (Phi) is 5.41. The number of hydrogen-bond donors (Lipinski definition) is 2. The molecule has 3 rings (SSSR count). The number of nitrogens with zero attached hydrogens (tertiary/aromatic N) is 2. The Bertz CT molecular complexity index is 514. The lowest BCUT2D eigenvalue weighted by Crippen LogP contribution is -2.68. The van der Waals surface area contributed by atoms with Crippen LogP contribution in [0, 0.1) is 11.3 Å². The molecular weight excluding hydrogens is 320 g/mol. The van der Waals surface area contributed by atoms with Crippen molar-refractivity contribution in [3.63, 3.8) is 0 Å². The molecule has 3 aliphatic rings. The molecule has 1 amide bonds. The Morgan fingerprint density at radius 1 is 1.28 bits per heavy atom. The van der Waals surface area contributed by atoms with Gasteiger partial charge in [-0.25, -0.2) is 4.79 Å². The van der Waals surface area contributed by atoms with Crippen LogP contribution in [-0.2, 0) is 9.47 Å². The van der Waals surface area contributed by atoms with Crippen molar-refractivity contribution in [1.29, 1.82) is 0 Å². The quantitative estimate of drug-likeness (QED) is 0.596. The molecule has 25 heavy (non-hydrogen) atoms. The number of ether oxygens (including phenoxy) is 2. The second-order valence-electron chi connectivity index (χ2n) is 7.89. The highest BCUT2D eigenvalue weighted by Gasteiger charge is 2.59. The lowest BCUT2D eigenvalue weighted by Gasteiger charge is -2.55. The number of carbonyl (C=O) groups excluding carboxylic acids is 1. The van der Waals surface area contributed by atoms with Crippen LogP contribution in [0.3, 0.4) is 0 Å². The van der Waals surface area contributed by atoms with Gasteiger partial charge in [-0.3, -0.25) is 4.99 Å². The normalized spacial score (nSPS) is 31.9. The number of amides is 1. The largest absolute Gasteiger partial charge is 0.453 e. The first kappa shape index (κ1) is 18.3. The summed E-state index contributed by atoms with van der Waals surface area (Å²) >= 11 is 0. The number of nitrogens with one attached hydrogen (secondary N) is 2. The lowest BCUT2D eigenvalue weighted by atomic mass is 9.57. The minimum Gasteiger partial charge on any atom is -0.453 e. The third kappa shape index (κ3) is 3.57. The highest BCUT2D eigenvalue weighted by molar-refractivity contribution is 5.80. The van der Waals surface area contributed by atoms with Gasteiger partial charge in [0.1, 0.15) is 0 Å². The zero-order valence-corrected chi connectivity index (χ0v) is 15.9. The molecule has 142 valence electrons. The van der Waals surface area contributed by atoms with Gasteiger partial charge in [0.25, 0.3) is 0 Å². The van der Waals surface area contributed by atoms with E-state index < -0.39 is 0 Å². The Hall–Kier alpha value is -1.50. The number of rotatable bonds is 3. The van der Waals surface area contributed by atoms with Crippen molar-refractivity contribution in [2.24, 2.45) is 16.3 Å². The van der Waals surface area contributed by atoms with E-state index >= 15 is 0 Å². The highest BCUT2D eigenvalue weighted by Crippen LogP contribution is 2.52. The van der Waals surface area contributed by atoms with Crippen LogP contribution in [0.4, 0.5) is 4.79 Å². The molecule has 2 aliphatic heterocycles. The van der Waals surface area contributed by atoms with E-state index in [-0.39, 0.29) is 11.5 Å². The molecule has 0 aromatic heterocycles. The Morgan fingerprint density at radius 3 is 2.64 bits per heavy atom. The number of guanidine groups is 1. The number of piperidine rings is 1. The molecule has 0 spiro atoms. The Labute approximate surface area is 150 Å². The average Bonchev–Trinajstić information content (AvgIpc) is 3.07. The number of hydrogen-bond acceptors (Lipinski definition) is 4. The van der Waals surface area contributed by atoms with Gasteiger partial charge in [-0.2, -0.15) is 0 Å². The first-order valence-corrected chi connectivity index (χ1v) is 9.49. The SMILES string of the molecule is CCN=C(NC1CCN(C(=O)OC)CC1)NC1C2CCOC2C1(C)C. The van der Waals surface area contributed by atoms with Crippen molar-refractivity contribution in [3.8, 4) is 0 Å². The summed E-state index contributed by atoms with van der Waals surface area (Å²) in [4.78, 5) is 18.0. The van der Waals surface area contributed by atoms with Crippen LogP contribution in [0.1, 0.15) is 40.0 Å². The van der Waals surface area contributed by atoms with Gasteiger partial charge in [0, 0.05) is 49.7 Å². The predicted molar refractivity (Wildman–Crippen MR) is 96.7 cm³/mol. The van der Waals surface area contributed by atoms with Crippen molar-refractivity contribution in [2.45, 2.75) is 58.2 Å². The van der Waals surface area contributed by atoms with Gasteiger partial charge in [-0.1, -0.05) is 13.8 Å². The molecule has 0 radical (unpaired) electrons. The fourth-order valence-corrected chi connectivity index (χ4v) is 4.58. The van der Waals surface area contributed by atoms with E-state index in [1.165, 1.54) is 7.11 Å². The zero-order valence-electron chi connectivity index (χ0n) is 15.9.